The molecule has 0 heterocycles. The fourth-order valence-electron chi connectivity index (χ4n) is 2.12. The highest BCUT2D eigenvalue weighted by Crippen LogP contribution is 2.14. The van der Waals surface area contributed by atoms with Crippen molar-refractivity contribution in [2.75, 3.05) is 11.9 Å². The number of benzene rings is 2. The zero-order valence-electron chi connectivity index (χ0n) is 13.2. The maximum absolute atomic E-state index is 12.0. The van der Waals surface area contributed by atoms with Crippen molar-refractivity contribution in [3.8, 4) is 5.75 Å². The van der Waals surface area contributed by atoms with Crippen LogP contribution < -0.4 is 10.1 Å². The third-order valence-electron chi connectivity index (χ3n) is 3.36. The average molecular weight is 297 g/mol. The van der Waals surface area contributed by atoms with Gasteiger partial charge in [0.15, 0.2) is 0 Å². The Labute approximate surface area is 132 Å². The minimum absolute atomic E-state index is 0.336. The van der Waals surface area contributed by atoms with Crippen LogP contribution in [0.5, 0.6) is 5.75 Å². The molecule has 0 aromatic heterocycles. The number of carbonyl (C=O) groups is 1. The molecule has 1 N–H and O–H groups in total. The summed E-state index contributed by atoms with van der Waals surface area (Å²) in [4.78, 5) is 12.0. The summed E-state index contributed by atoms with van der Waals surface area (Å²) in [6.45, 7) is 5.41. The van der Waals surface area contributed by atoms with Crippen molar-refractivity contribution < 1.29 is 9.53 Å². The Morgan fingerprint density at radius 3 is 2.36 bits per heavy atom. The Balaban J connectivity index is 1.84. The lowest BCUT2D eigenvalue weighted by Gasteiger charge is -2.09. The Morgan fingerprint density at radius 1 is 1.05 bits per heavy atom. The number of anilines is 1. The molecule has 3 nitrogen and oxygen atoms in total. The molecule has 22 heavy (non-hydrogen) atoms. The number of nitrogens with one attached hydrogen (secondary N) is 1. The standard InChI is InChI=1S/C19H23NO2/c1-15(2)7-6-14-20-17-12-10-16(11-13-17)19(21)22-18-8-4-3-5-9-18/h3-5,8-13,15,20H,6-7,14H2,1-2H3. The number of para-hydroxylation sites is 1. The van der Waals surface area contributed by atoms with E-state index in [0.717, 1.165) is 24.6 Å². The van der Waals surface area contributed by atoms with Gasteiger partial charge in [0.2, 0.25) is 0 Å². The van der Waals surface area contributed by atoms with Gasteiger partial charge in [0.05, 0.1) is 5.56 Å². The van der Waals surface area contributed by atoms with Crippen LogP contribution >= 0.6 is 0 Å². The van der Waals surface area contributed by atoms with Crippen LogP contribution in [0.3, 0.4) is 0 Å². The van der Waals surface area contributed by atoms with Gasteiger partial charge in [-0.25, -0.2) is 4.79 Å². The quantitative estimate of drug-likeness (QED) is 0.455. The molecule has 0 aliphatic heterocycles. The van der Waals surface area contributed by atoms with Crippen LogP contribution in [-0.2, 0) is 0 Å². The topological polar surface area (TPSA) is 38.3 Å². The number of hydrogen-bond acceptors (Lipinski definition) is 3. The second kappa shape index (κ2) is 8.23. The highest BCUT2D eigenvalue weighted by molar-refractivity contribution is 5.91. The first-order valence-electron chi connectivity index (χ1n) is 7.76. The first-order valence-corrected chi connectivity index (χ1v) is 7.76. The van der Waals surface area contributed by atoms with Crippen LogP contribution in [0.25, 0.3) is 0 Å². The summed E-state index contributed by atoms with van der Waals surface area (Å²) in [7, 11) is 0. The second-order valence-corrected chi connectivity index (χ2v) is 5.74. The van der Waals surface area contributed by atoms with Crippen LogP contribution in [-0.4, -0.2) is 12.5 Å². The van der Waals surface area contributed by atoms with Gasteiger partial charge in [-0.1, -0.05) is 32.0 Å². The Bertz CT molecular complexity index is 576. The van der Waals surface area contributed by atoms with Gasteiger partial charge in [0.25, 0.3) is 0 Å². The van der Waals surface area contributed by atoms with Gasteiger partial charge in [0, 0.05) is 12.2 Å². The van der Waals surface area contributed by atoms with E-state index in [1.165, 1.54) is 6.42 Å². The summed E-state index contributed by atoms with van der Waals surface area (Å²) in [6, 6.07) is 16.5. The van der Waals surface area contributed by atoms with E-state index in [4.69, 9.17) is 4.74 Å². The minimum Gasteiger partial charge on any atom is -0.423 e. The molecule has 0 aliphatic carbocycles. The third-order valence-corrected chi connectivity index (χ3v) is 3.36. The average Bonchev–Trinajstić information content (AvgIpc) is 2.53. The molecule has 0 atom stereocenters. The zero-order chi connectivity index (χ0) is 15.8. The highest BCUT2D eigenvalue weighted by atomic mass is 16.5. The maximum Gasteiger partial charge on any atom is 0.343 e. The molecule has 0 spiro atoms. The van der Waals surface area contributed by atoms with Crippen LogP contribution in [0.4, 0.5) is 5.69 Å². The summed E-state index contributed by atoms with van der Waals surface area (Å²) in [5.41, 5.74) is 1.58. The highest BCUT2D eigenvalue weighted by Gasteiger charge is 2.08. The van der Waals surface area contributed by atoms with Crippen molar-refractivity contribution in [2.45, 2.75) is 26.7 Å². The fourth-order valence-corrected chi connectivity index (χ4v) is 2.12. The Hall–Kier alpha value is -2.29. The van der Waals surface area contributed by atoms with E-state index in [9.17, 15) is 4.79 Å². The Kier molecular flexibility index (Phi) is 6.01. The molecular formula is C19H23NO2. The molecule has 0 saturated carbocycles. The lowest BCUT2D eigenvalue weighted by Crippen LogP contribution is -2.08. The van der Waals surface area contributed by atoms with E-state index >= 15 is 0 Å². The van der Waals surface area contributed by atoms with Gasteiger partial charge in [-0.05, 0) is 55.2 Å². The van der Waals surface area contributed by atoms with Gasteiger partial charge in [-0.3, -0.25) is 0 Å². The number of hydrogen-bond donors (Lipinski definition) is 1. The molecule has 0 amide bonds. The van der Waals surface area contributed by atoms with Crippen molar-refractivity contribution >= 4 is 11.7 Å². The fraction of sp³-hybridized carbons (Fsp3) is 0.316. The van der Waals surface area contributed by atoms with Gasteiger partial charge < -0.3 is 10.1 Å². The number of esters is 1. The second-order valence-electron chi connectivity index (χ2n) is 5.74. The first kappa shape index (κ1) is 16.1. The van der Waals surface area contributed by atoms with Crippen LogP contribution in [0.2, 0.25) is 0 Å². The van der Waals surface area contributed by atoms with Crippen molar-refractivity contribution in [2.24, 2.45) is 5.92 Å². The number of rotatable bonds is 7. The molecular weight excluding hydrogens is 274 g/mol. The lowest BCUT2D eigenvalue weighted by molar-refractivity contribution is 0.0735. The summed E-state index contributed by atoms with van der Waals surface area (Å²) in [5.74, 6) is 0.956. The van der Waals surface area contributed by atoms with Crippen LogP contribution in [0.1, 0.15) is 37.0 Å². The van der Waals surface area contributed by atoms with Crippen molar-refractivity contribution in [3.05, 3.63) is 60.2 Å². The maximum atomic E-state index is 12.0. The molecule has 0 bridgehead atoms. The molecule has 0 saturated heterocycles. The SMILES string of the molecule is CC(C)CCCNc1ccc(C(=O)Oc2ccccc2)cc1. The van der Waals surface area contributed by atoms with Crippen molar-refractivity contribution in [3.63, 3.8) is 0 Å². The van der Waals surface area contributed by atoms with E-state index in [2.05, 4.69) is 19.2 Å². The van der Waals surface area contributed by atoms with E-state index in [1.807, 2.05) is 30.3 Å². The number of ether oxygens (including phenoxy) is 1. The molecule has 0 aliphatic rings. The summed E-state index contributed by atoms with van der Waals surface area (Å²) in [6.07, 6.45) is 2.37. The summed E-state index contributed by atoms with van der Waals surface area (Å²) < 4.78 is 5.31. The van der Waals surface area contributed by atoms with Gasteiger partial charge in [-0.15, -0.1) is 0 Å². The smallest absolute Gasteiger partial charge is 0.343 e. The molecule has 2 rings (SSSR count). The van der Waals surface area contributed by atoms with Gasteiger partial charge in [-0.2, -0.15) is 0 Å². The number of carbonyl (C=O) groups excluding carboxylic acids is 1. The normalized spacial score (nSPS) is 10.5. The lowest BCUT2D eigenvalue weighted by atomic mass is 10.1. The molecule has 2 aromatic carbocycles. The summed E-state index contributed by atoms with van der Waals surface area (Å²) >= 11 is 0. The zero-order valence-corrected chi connectivity index (χ0v) is 13.2. The summed E-state index contributed by atoms with van der Waals surface area (Å²) in [5, 5.41) is 3.36. The van der Waals surface area contributed by atoms with Gasteiger partial charge >= 0.3 is 5.97 Å². The van der Waals surface area contributed by atoms with Crippen molar-refractivity contribution in [1.82, 2.24) is 0 Å². The largest absolute Gasteiger partial charge is 0.423 e. The predicted molar refractivity (Wildman–Crippen MR) is 90.4 cm³/mol. The molecule has 0 radical (unpaired) electrons. The van der Waals surface area contributed by atoms with Crippen LogP contribution in [0, 0.1) is 5.92 Å². The van der Waals surface area contributed by atoms with E-state index in [0.29, 0.717) is 11.3 Å². The Morgan fingerprint density at radius 2 is 1.73 bits per heavy atom. The van der Waals surface area contributed by atoms with E-state index < -0.39 is 0 Å². The van der Waals surface area contributed by atoms with Crippen molar-refractivity contribution in [1.29, 1.82) is 0 Å². The van der Waals surface area contributed by atoms with E-state index in [-0.39, 0.29) is 5.97 Å². The molecule has 3 heteroatoms. The monoisotopic (exact) mass is 297 g/mol. The molecule has 116 valence electrons. The molecule has 0 fully saturated rings. The van der Waals surface area contributed by atoms with Crippen LogP contribution in [0.15, 0.2) is 54.6 Å². The minimum atomic E-state index is -0.336. The molecule has 0 unspecified atom stereocenters. The van der Waals surface area contributed by atoms with E-state index in [1.54, 1.807) is 24.3 Å². The third kappa shape index (κ3) is 5.24. The van der Waals surface area contributed by atoms with Gasteiger partial charge in [0.1, 0.15) is 5.75 Å². The first-order chi connectivity index (χ1) is 10.6. The predicted octanol–water partition coefficient (Wildman–Crippen LogP) is 4.75. The molecule has 2 aromatic rings.